The number of hydrogen-bond acceptors (Lipinski definition) is 4. The molecular formula is C9H5ClF2N4. The summed E-state index contributed by atoms with van der Waals surface area (Å²) in [5, 5.41) is 14.0. The van der Waals surface area contributed by atoms with Gasteiger partial charge in [0.05, 0.1) is 0 Å². The number of rotatable bonds is 1. The van der Waals surface area contributed by atoms with Gasteiger partial charge in [0.1, 0.15) is 16.7 Å². The third-order valence-corrected chi connectivity index (χ3v) is 2.18. The fourth-order valence-corrected chi connectivity index (χ4v) is 1.19. The van der Waals surface area contributed by atoms with Gasteiger partial charge in [-0.15, -0.1) is 20.4 Å². The lowest BCUT2D eigenvalue weighted by Gasteiger charge is -2.01. The normalized spacial score (nSPS) is 10.5. The van der Waals surface area contributed by atoms with Gasteiger partial charge < -0.3 is 0 Å². The van der Waals surface area contributed by atoms with Crippen LogP contribution in [-0.2, 0) is 0 Å². The van der Waals surface area contributed by atoms with E-state index in [2.05, 4.69) is 20.4 Å². The van der Waals surface area contributed by atoms with Crippen molar-refractivity contribution in [1.82, 2.24) is 20.4 Å². The predicted octanol–water partition coefficient (Wildman–Crippen LogP) is 2.17. The molecule has 2 rings (SSSR count). The fourth-order valence-electron chi connectivity index (χ4n) is 1.08. The Morgan fingerprint density at radius 3 is 2.00 bits per heavy atom. The average molecular weight is 243 g/mol. The first kappa shape index (κ1) is 10.8. The Labute approximate surface area is 94.3 Å². The number of aryl methyl sites for hydroxylation is 1. The molecule has 0 N–H and O–H groups in total. The molecule has 7 heteroatoms. The van der Waals surface area contributed by atoms with Crippen LogP contribution in [0.15, 0.2) is 12.1 Å². The summed E-state index contributed by atoms with van der Waals surface area (Å²) in [5.74, 6) is -1.33. The monoisotopic (exact) mass is 242 g/mol. The summed E-state index contributed by atoms with van der Waals surface area (Å²) in [7, 11) is 0. The Morgan fingerprint density at radius 1 is 1.00 bits per heavy atom. The largest absolute Gasteiger partial charge is 0.205 e. The van der Waals surface area contributed by atoms with Crippen molar-refractivity contribution in [3.05, 3.63) is 34.6 Å². The quantitative estimate of drug-likeness (QED) is 0.719. The van der Waals surface area contributed by atoms with Gasteiger partial charge in [0, 0.05) is 5.56 Å². The molecule has 82 valence electrons. The molecule has 1 heterocycles. The van der Waals surface area contributed by atoms with Gasteiger partial charge in [0.15, 0.2) is 5.82 Å². The van der Waals surface area contributed by atoms with Crippen LogP contribution in [0.2, 0.25) is 5.02 Å². The minimum absolute atomic E-state index is 0.0417. The van der Waals surface area contributed by atoms with Crippen LogP contribution in [0.4, 0.5) is 8.78 Å². The molecule has 0 amide bonds. The average Bonchev–Trinajstić information content (AvgIpc) is 2.26. The highest BCUT2D eigenvalue weighted by Gasteiger charge is 2.12. The summed E-state index contributed by atoms with van der Waals surface area (Å²) in [6.45, 7) is 1.60. The highest BCUT2D eigenvalue weighted by Crippen LogP contribution is 2.24. The topological polar surface area (TPSA) is 51.6 Å². The zero-order valence-electron chi connectivity index (χ0n) is 8.08. The molecule has 0 radical (unpaired) electrons. The highest BCUT2D eigenvalue weighted by atomic mass is 35.5. The second-order valence-electron chi connectivity index (χ2n) is 3.02. The van der Waals surface area contributed by atoms with E-state index in [1.807, 2.05) is 0 Å². The molecule has 0 aliphatic carbocycles. The van der Waals surface area contributed by atoms with Crippen molar-refractivity contribution in [3.63, 3.8) is 0 Å². The van der Waals surface area contributed by atoms with Crippen LogP contribution in [0.1, 0.15) is 5.82 Å². The molecule has 16 heavy (non-hydrogen) atoms. The lowest BCUT2D eigenvalue weighted by atomic mass is 10.2. The fraction of sp³-hybridized carbons (Fsp3) is 0.111. The molecule has 2 aromatic rings. The van der Waals surface area contributed by atoms with Crippen molar-refractivity contribution in [1.29, 1.82) is 0 Å². The molecule has 0 saturated heterocycles. The molecule has 0 unspecified atom stereocenters. The number of nitrogens with zero attached hydrogens (tertiary/aromatic N) is 4. The molecule has 0 atom stereocenters. The molecule has 0 bridgehead atoms. The van der Waals surface area contributed by atoms with E-state index in [-0.39, 0.29) is 11.4 Å². The SMILES string of the molecule is Cc1nnc(-c2cc(F)c(Cl)c(F)c2)nn1. The van der Waals surface area contributed by atoms with Gasteiger partial charge in [0.2, 0.25) is 5.82 Å². The van der Waals surface area contributed by atoms with Crippen LogP contribution in [0, 0.1) is 18.6 Å². The van der Waals surface area contributed by atoms with Crippen LogP contribution < -0.4 is 0 Å². The van der Waals surface area contributed by atoms with Crippen molar-refractivity contribution in [2.75, 3.05) is 0 Å². The second-order valence-corrected chi connectivity index (χ2v) is 3.40. The van der Waals surface area contributed by atoms with Gasteiger partial charge in [-0.1, -0.05) is 11.6 Å². The van der Waals surface area contributed by atoms with E-state index in [9.17, 15) is 8.78 Å². The van der Waals surface area contributed by atoms with Gasteiger partial charge in [-0.05, 0) is 19.1 Å². The van der Waals surface area contributed by atoms with E-state index < -0.39 is 16.7 Å². The van der Waals surface area contributed by atoms with Crippen molar-refractivity contribution in [2.45, 2.75) is 6.92 Å². The zero-order valence-corrected chi connectivity index (χ0v) is 8.83. The number of benzene rings is 1. The van der Waals surface area contributed by atoms with Crippen molar-refractivity contribution in [3.8, 4) is 11.4 Å². The minimum atomic E-state index is -0.874. The smallest absolute Gasteiger partial charge is 0.203 e. The molecule has 1 aromatic carbocycles. The van der Waals surface area contributed by atoms with E-state index in [1.165, 1.54) is 0 Å². The van der Waals surface area contributed by atoms with Gasteiger partial charge in [0.25, 0.3) is 0 Å². The first-order valence-corrected chi connectivity index (χ1v) is 4.64. The molecular weight excluding hydrogens is 238 g/mol. The van der Waals surface area contributed by atoms with Crippen LogP contribution >= 0.6 is 11.6 Å². The minimum Gasteiger partial charge on any atom is -0.205 e. The lowest BCUT2D eigenvalue weighted by molar-refractivity contribution is 0.584. The Kier molecular flexibility index (Phi) is 2.74. The first-order valence-electron chi connectivity index (χ1n) is 4.27. The van der Waals surface area contributed by atoms with E-state index in [0.29, 0.717) is 5.82 Å². The van der Waals surface area contributed by atoms with Crippen LogP contribution in [0.25, 0.3) is 11.4 Å². The number of hydrogen-bond donors (Lipinski definition) is 0. The molecule has 4 nitrogen and oxygen atoms in total. The molecule has 0 fully saturated rings. The Hall–Kier alpha value is -1.69. The van der Waals surface area contributed by atoms with E-state index >= 15 is 0 Å². The van der Waals surface area contributed by atoms with Crippen LogP contribution in [0.5, 0.6) is 0 Å². The molecule has 0 saturated carbocycles. The maximum Gasteiger partial charge on any atom is 0.203 e. The summed E-state index contributed by atoms with van der Waals surface area (Å²) < 4.78 is 26.3. The van der Waals surface area contributed by atoms with Crippen molar-refractivity contribution < 1.29 is 8.78 Å². The summed E-state index contributed by atoms with van der Waals surface area (Å²) in [6, 6.07) is 2.05. The Bertz CT molecular complexity index is 507. The summed E-state index contributed by atoms with van der Waals surface area (Å²) in [5.41, 5.74) is 0.138. The maximum absolute atomic E-state index is 13.1. The molecule has 0 spiro atoms. The van der Waals surface area contributed by atoms with Crippen molar-refractivity contribution >= 4 is 11.6 Å². The van der Waals surface area contributed by atoms with Crippen LogP contribution in [0.3, 0.4) is 0 Å². The Morgan fingerprint density at radius 2 is 1.50 bits per heavy atom. The number of halogens is 3. The summed E-state index contributed by atoms with van der Waals surface area (Å²) in [6.07, 6.45) is 0. The van der Waals surface area contributed by atoms with Crippen LogP contribution in [-0.4, -0.2) is 20.4 Å². The summed E-state index contributed by atoms with van der Waals surface area (Å²) >= 11 is 5.34. The van der Waals surface area contributed by atoms with Gasteiger partial charge in [-0.3, -0.25) is 0 Å². The highest BCUT2D eigenvalue weighted by molar-refractivity contribution is 6.30. The van der Waals surface area contributed by atoms with E-state index in [1.54, 1.807) is 6.92 Å². The molecule has 0 aliphatic rings. The standard InChI is InChI=1S/C9H5ClF2N4/c1-4-13-15-9(16-14-4)5-2-6(11)8(10)7(12)3-5/h2-3H,1H3. The third-order valence-electron chi connectivity index (χ3n) is 1.82. The third kappa shape index (κ3) is 1.96. The van der Waals surface area contributed by atoms with E-state index in [0.717, 1.165) is 12.1 Å². The van der Waals surface area contributed by atoms with Crippen molar-refractivity contribution in [2.24, 2.45) is 0 Å². The number of aromatic nitrogens is 4. The Balaban J connectivity index is 2.52. The second kappa shape index (κ2) is 4.05. The maximum atomic E-state index is 13.1. The first-order chi connectivity index (χ1) is 7.58. The summed E-state index contributed by atoms with van der Waals surface area (Å²) in [4.78, 5) is 0. The predicted molar refractivity (Wildman–Crippen MR) is 52.7 cm³/mol. The lowest BCUT2D eigenvalue weighted by Crippen LogP contribution is -1.99. The van der Waals surface area contributed by atoms with Gasteiger partial charge >= 0.3 is 0 Å². The molecule has 1 aromatic heterocycles. The van der Waals surface area contributed by atoms with Gasteiger partial charge in [-0.2, -0.15) is 0 Å². The van der Waals surface area contributed by atoms with E-state index in [4.69, 9.17) is 11.6 Å². The zero-order chi connectivity index (χ0) is 11.7. The molecule has 0 aliphatic heterocycles. The van der Waals surface area contributed by atoms with Gasteiger partial charge in [-0.25, -0.2) is 8.78 Å².